The zero-order valence-electron chi connectivity index (χ0n) is 10.5. The number of rotatable bonds is 7. The Morgan fingerprint density at radius 2 is 2.00 bits per heavy atom. The highest BCUT2D eigenvalue weighted by Gasteiger charge is 2.12. The van der Waals surface area contributed by atoms with Crippen molar-refractivity contribution in [3.63, 3.8) is 0 Å². The van der Waals surface area contributed by atoms with Gasteiger partial charge in [0.05, 0.1) is 0 Å². The van der Waals surface area contributed by atoms with Crippen LogP contribution in [0.5, 0.6) is 0 Å². The summed E-state index contributed by atoms with van der Waals surface area (Å²) in [5.74, 6) is 0.310. The summed E-state index contributed by atoms with van der Waals surface area (Å²) in [6.07, 6.45) is 3.34. The van der Waals surface area contributed by atoms with Crippen LogP contribution >= 0.6 is 15.9 Å². The van der Waals surface area contributed by atoms with E-state index >= 15 is 0 Å². The smallest absolute Gasteiger partial charge is 0.147 e. The molecule has 1 atom stereocenters. The molecule has 0 aliphatic rings. The molecule has 0 radical (unpaired) electrons. The quantitative estimate of drug-likeness (QED) is 0.833. The van der Waals surface area contributed by atoms with E-state index < -0.39 is 9.84 Å². The zero-order valence-corrected chi connectivity index (χ0v) is 12.9. The van der Waals surface area contributed by atoms with Gasteiger partial charge in [-0.05, 0) is 36.8 Å². The summed E-state index contributed by atoms with van der Waals surface area (Å²) in [6.45, 7) is 0.0884. The Morgan fingerprint density at radius 3 is 2.56 bits per heavy atom. The van der Waals surface area contributed by atoms with Gasteiger partial charge < -0.3 is 5.11 Å². The van der Waals surface area contributed by atoms with Crippen LogP contribution in [0.2, 0.25) is 0 Å². The summed E-state index contributed by atoms with van der Waals surface area (Å²) in [5.41, 5.74) is 1.15. The summed E-state index contributed by atoms with van der Waals surface area (Å²) < 4.78 is 23.1. The van der Waals surface area contributed by atoms with Crippen molar-refractivity contribution < 1.29 is 13.5 Å². The lowest BCUT2D eigenvalue weighted by Crippen LogP contribution is -2.12. The Morgan fingerprint density at radius 1 is 1.33 bits per heavy atom. The molecule has 0 aliphatic heterocycles. The Hall–Kier alpha value is -0.390. The molecule has 0 fully saturated rings. The maximum absolute atomic E-state index is 11.0. The van der Waals surface area contributed by atoms with E-state index in [2.05, 4.69) is 15.9 Å². The first-order valence-corrected chi connectivity index (χ1v) is 8.79. The molecule has 102 valence electrons. The van der Waals surface area contributed by atoms with E-state index in [-0.39, 0.29) is 18.3 Å². The number of hydrogen-bond donors (Lipinski definition) is 1. The van der Waals surface area contributed by atoms with Gasteiger partial charge in [0.2, 0.25) is 0 Å². The van der Waals surface area contributed by atoms with Crippen molar-refractivity contribution in [2.75, 3.05) is 18.6 Å². The molecule has 0 bridgehead atoms. The van der Waals surface area contributed by atoms with Gasteiger partial charge in [0.25, 0.3) is 0 Å². The van der Waals surface area contributed by atoms with Gasteiger partial charge in [-0.3, -0.25) is 0 Å². The number of hydrogen-bond acceptors (Lipinski definition) is 3. The Balaban J connectivity index is 2.50. The fraction of sp³-hybridized carbons (Fsp3) is 0.538. The van der Waals surface area contributed by atoms with Crippen LogP contribution in [-0.2, 0) is 16.3 Å². The highest BCUT2D eigenvalue weighted by atomic mass is 79.9. The van der Waals surface area contributed by atoms with E-state index in [9.17, 15) is 13.5 Å². The van der Waals surface area contributed by atoms with Crippen LogP contribution in [0.4, 0.5) is 0 Å². The molecule has 3 nitrogen and oxygen atoms in total. The van der Waals surface area contributed by atoms with Gasteiger partial charge in [0.1, 0.15) is 9.84 Å². The molecule has 5 heteroatoms. The predicted molar refractivity (Wildman–Crippen MR) is 77.4 cm³/mol. The molecular formula is C13H19BrO3S. The fourth-order valence-corrected chi connectivity index (χ4v) is 3.00. The predicted octanol–water partition coefficient (Wildman–Crippen LogP) is 2.42. The van der Waals surface area contributed by atoms with Crippen molar-refractivity contribution in [1.29, 1.82) is 0 Å². The molecule has 0 aromatic heterocycles. The normalized spacial score (nSPS) is 13.5. The van der Waals surface area contributed by atoms with Gasteiger partial charge in [-0.25, -0.2) is 8.42 Å². The molecular weight excluding hydrogens is 316 g/mol. The second kappa shape index (κ2) is 7.26. The molecule has 1 N–H and O–H groups in total. The fourth-order valence-electron chi connectivity index (χ4n) is 1.87. The van der Waals surface area contributed by atoms with Crippen molar-refractivity contribution in [2.24, 2.45) is 5.92 Å². The van der Waals surface area contributed by atoms with Gasteiger partial charge >= 0.3 is 0 Å². The van der Waals surface area contributed by atoms with Gasteiger partial charge in [-0.15, -0.1) is 0 Å². The summed E-state index contributed by atoms with van der Waals surface area (Å²) in [4.78, 5) is 0. The van der Waals surface area contributed by atoms with Crippen LogP contribution in [0.15, 0.2) is 28.7 Å². The minimum atomic E-state index is -2.90. The van der Waals surface area contributed by atoms with Crippen molar-refractivity contribution in [2.45, 2.75) is 19.3 Å². The molecule has 1 unspecified atom stereocenters. The van der Waals surface area contributed by atoms with Gasteiger partial charge in [-0.2, -0.15) is 0 Å². The molecule has 0 aliphatic carbocycles. The average Bonchev–Trinajstić information content (AvgIpc) is 2.29. The van der Waals surface area contributed by atoms with E-state index in [0.717, 1.165) is 22.9 Å². The van der Waals surface area contributed by atoms with Gasteiger partial charge in [-0.1, -0.05) is 34.1 Å². The summed E-state index contributed by atoms with van der Waals surface area (Å²) in [7, 11) is -2.90. The standard InChI is InChI=1S/C13H19BrO3S/c1-18(16,17)8-4-5-11(10-15)9-12-6-2-3-7-13(12)14/h2-3,6-7,11,15H,4-5,8-10H2,1H3. The number of benzene rings is 1. The molecule has 1 aromatic rings. The summed E-state index contributed by atoms with van der Waals surface area (Å²) in [6, 6.07) is 7.90. The van der Waals surface area contributed by atoms with E-state index in [1.807, 2.05) is 24.3 Å². The molecule has 0 amide bonds. The molecule has 0 saturated heterocycles. The number of aliphatic hydroxyl groups is 1. The molecule has 1 rings (SSSR count). The highest BCUT2D eigenvalue weighted by Crippen LogP contribution is 2.21. The SMILES string of the molecule is CS(=O)(=O)CCCC(CO)Cc1ccccc1Br. The van der Waals surface area contributed by atoms with Gasteiger partial charge in [0.15, 0.2) is 0 Å². The second-order valence-corrected chi connectivity index (χ2v) is 7.73. The third kappa shape index (κ3) is 5.98. The minimum absolute atomic E-state index is 0.0884. The van der Waals surface area contributed by atoms with Crippen LogP contribution in [0.1, 0.15) is 18.4 Å². The molecule has 0 heterocycles. The monoisotopic (exact) mass is 334 g/mol. The van der Waals surface area contributed by atoms with Crippen LogP contribution in [-0.4, -0.2) is 32.1 Å². The second-order valence-electron chi connectivity index (χ2n) is 4.62. The van der Waals surface area contributed by atoms with Crippen LogP contribution < -0.4 is 0 Å². The van der Waals surface area contributed by atoms with Gasteiger partial charge in [0, 0.05) is 23.1 Å². The molecule has 18 heavy (non-hydrogen) atoms. The van der Waals surface area contributed by atoms with Crippen molar-refractivity contribution in [3.05, 3.63) is 34.3 Å². The average molecular weight is 335 g/mol. The maximum atomic E-state index is 11.0. The first-order chi connectivity index (χ1) is 8.42. The lowest BCUT2D eigenvalue weighted by molar-refractivity contribution is 0.217. The van der Waals surface area contributed by atoms with Crippen molar-refractivity contribution in [1.82, 2.24) is 0 Å². The topological polar surface area (TPSA) is 54.4 Å². The lowest BCUT2D eigenvalue weighted by Gasteiger charge is -2.14. The zero-order chi connectivity index (χ0) is 13.6. The largest absolute Gasteiger partial charge is 0.396 e. The number of aliphatic hydroxyl groups excluding tert-OH is 1. The van der Waals surface area contributed by atoms with Crippen molar-refractivity contribution >= 4 is 25.8 Å². The Bertz CT molecular complexity index is 471. The number of halogens is 1. The van der Waals surface area contributed by atoms with E-state index in [4.69, 9.17) is 0 Å². The summed E-state index contributed by atoms with van der Waals surface area (Å²) >= 11 is 3.48. The third-order valence-corrected chi connectivity index (χ3v) is 4.66. The maximum Gasteiger partial charge on any atom is 0.147 e. The van der Waals surface area contributed by atoms with Crippen LogP contribution in [0.3, 0.4) is 0 Å². The first kappa shape index (κ1) is 15.7. The minimum Gasteiger partial charge on any atom is -0.396 e. The molecule has 0 saturated carbocycles. The van der Waals surface area contributed by atoms with E-state index in [0.29, 0.717) is 6.42 Å². The first-order valence-electron chi connectivity index (χ1n) is 5.94. The number of sulfone groups is 1. The Labute approximate surface area is 117 Å². The van der Waals surface area contributed by atoms with E-state index in [1.54, 1.807) is 0 Å². The lowest BCUT2D eigenvalue weighted by atomic mass is 9.96. The Kier molecular flexibility index (Phi) is 6.32. The van der Waals surface area contributed by atoms with Crippen LogP contribution in [0, 0.1) is 5.92 Å². The highest BCUT2D eigenvalue weighted by molar-refractivity contribution is 9.10. The van der Waals surface area contributed by atoms with E-state index in [1.165, 1.54) is 6.26 Å². The van der Waals surface area contributed by atoms with Crippen LogP contribution in [0.25, 0.3) is 0 Å². The summed E-state index contributed by atoms with van der Waals surface area (Å²) in [5, 5.41) is 9.34. The molecule has 0 spiro atoms. The third-order valence-electron chi connectivity index (χ3n) is 2.85. The molecule has 1 aromatic carbocycles. The van der Waals surface area contributed by atoms with Crippen molar-refractivity contribution in [3.8, 4) is 0 Å².